The summed E-state index contributed by atoms with van der Waals surface area (Å²) < 4.78 is 64.8. The van der Waals surface area contributed by atoms with Crippen LogP contribution in [0, 0.1) is 0 Å². The van der Waals surface area contributed by atoms with Gasteiger partial charge in [-0.05, 0) is 35.0 Å². The Bertz CT molecular complexity index is 928. The molecule has 12 N–H and O–H groups in total. The van der Waals surface area contributed by atoms with Crippen molar-refractivity contribution in [2.45, 2.75) is 9.79 Å². The van der Waals surface area contributed by atoms with Crippen molar-refractivity contribution in [3.05, 3.63) is 36.4 Å². The van der Waals surface area contributed by atoms with Gasteiger partial charge < -0.3 is 9.11 Å². The average Bonchev–Trinajstić information content (AvgIpc) is 2.43. The first-order valence-corrected chi connectivity index (χ1v) is 9.18. The van der Waals surface area contributed by atoms with Crippen molar-refractivity contribution in [2.75, 3.05) is 0 Å². The van der Waals surface area contributed by atoms with Crippen LogP contribution < -0.4 is 33.8 Å². The molecule has 0 unspecified atom stereocenters. The Morgan fingerprint density at radius 1 is 0.692 bits per heavy atom. The molecule has 2 aromatic carbocycles. The Morgan fingerprint density at radius 3 is 1.12 bits per heavy atom. The number of benzene rings is 2. The van der Waals surface area contributed by atoms with Crippen molar-refractivity contribution < 1.29 is 36.8 Å². The van der Waals surface area contributed by atoms with Crippen LogP contribution in [0.2, 0.25) is 0 Å². The van der Waals surface area contributed by atoms with Gasteiger partial charge in [0.05, 0.1) is 9.79 Å². The van der Waals surface area contributed by atoms with Crippen molar-refractivity contribution in [1.82, 2.24) is 0 Å². The summed E-state index contributed by atoms with van der Waals surface area (Å²) in [4.78, 5) is -0.819. The number of fused-ring (bicyclic) bond motifs is 1. The molecule has 0 aliphatic rings. The molecule has 14 heteroatoms. The molecule has 2 aromatic rings. The zero-order chi connectivity index (χ0) is 20.7. The molecule has 0 atom stereocenters. The molecule has 0 saturated carbocycles. The fraction of sp³-hybridized carbons (Fsp3) is 0. The minimum absolute atomic E-state index is 0.0833. The first-order valence-electron chi connectivity index (χ1n) is 6.37. The van der Waals surface area contributed by atoms with Crippen LogP contribution in [0.4, 0.5) is 0 Å². The topological polar surface area (TPSA) is 270 Å². The molecule has 0 bridgehead atoms. The predicted molar refractivity (Wildman–Crippen MR) is 90.5 cm³/mol. The summed E-state index contributed by atoms with van der Waals surface area (Å²) in [7, 11) is -9.13. The molecular weight excluding hydrogens is 388 g/mol. The molecule has 0 aliphatic heterocycles. The lowest BCUT2D eigenvalue weighted by Gasteiger charge is -2.10. The minimum atomic E-state index is -4.56. The van der Waals surface area contributed by atoms with Crippen molar-refractivity contribution >= 4 is 42.9 Å². The average molecular weight is 406 g/mol. The second-order valence-electron chi connectivity index (χ2n) is 4.58. The predicted octanol–water partition coefficient (Wildman–Crippen LogP) is -5.31. The Morgan fingerprint density at radius 2 is 0.923 bits per heavy atom. The number of guanidine groups is 2. The molecule has 0 radical (unpaired) electrons. The SMILES string of the molecule is NC(N)=[NH2+].NC(N)=[NH2+].O=S(=O)([O-])c1ccc2cc(S(=O)(=O)[O-])ccc2c1. The van der Waals surface area contributed by atoms with Gasteiger partial charge in [0, 0.05) is 0 Å². The number of hydrogen-bond acceptors (Lipinski definition) is 6. The van der Waals surface area contributed by atoms with E-state index >= 15 is 0 Å². The lowest BCUT2D eigenvalue weighted by Crippen LogP contribution is -2.51. The van der Waals surface area contributed by atoms with Crippen LogP contribution in [0.25, 0.3) is 10.8 Å². The van der Waals surface area contributed by atoms with Gasteiger partial charge in [-0.2, -0.15) is 0 Å². The Balaban J connectivity index is 0.000000662. The zero-order valence-corrected chi connectivity index (χ0v) is 14.8. The summed E-state index contributed by atoms with van der Waals surface area (Å²) in [6.45, 7) is 0. The van der Waals surface area contributed by atoms with Crippen LogP contribution >= 0.6 is 0 Å². The molecule has 0 aromatic heterocycles. The van der Waals surface area contributed by atoms with Crippen molar-refractivity contribution in [3.8, 4) is 0 Å². The van der Waals surface area contributed by atoms with Crippen LogP contribution in [0.1, 0.15) is 0 Å². The second kappa shape index (κ2) is 8.95. The van der Waals surface area contributed by atoms with Gasteiger partial charge in [-0.1, -0.05) is 12.1 Å². The van der Waals surface area contributed by atoms with Gasteiger partial charge in [-0.25, -0.2) is 16.8 Å². The van der Waals surface area contributed by atoms with E-state index in [1.807, 2.05) is 0 Å². The normalized spacial score (nSPS) is 10.7. The van der Waals surface area contributed by atoms with E-state index in [0.29, 0.717) is 10.8 Å². The molecule has 0 spiro atoms. The van der Waals surface area contributed by atoms with E-state index in [0.717, 1.165) is 24.3 Å². The highest BCUT2D eigenvalue weighted by Gasteiger charge is 2.06. The van der Waals surface area contributed by atoms with E-state index in [4.69, 9.17) is 0 Å². The van der Waals surface area contributed by atoms with Gasteiger partial charge in [0.1, 0.15) is 20.2 Å². The quantitative estimate of drug-likeness (QED) is 0.156. The molecule has 0 saturated heterocycles. The zero-order valence-electron chi connectivity index (χ0n) is 13.2. The monoisotopic (exact) mass is 406 g/mol. The lowest BCUT2D eigenvalue weighted by atomic mass is 10.1. The Labute approximate surface area is 149 Å². The lowest BCUT2D eigenvalue weighted by molar-refractivity contribution is -0.117. The van der Waals surface area contributed by atoms with Gasteiger partial charge in [0.2, 0.25) is 0 Å². The molecule has 144 valence electrons. The molecule has 0 fully saturated rings. The maximum absolute atomic E-state index is 10.8. The Hall–Kier alpha value is -2.94. The van der Waals surface area contributed by atoms with Crippen molar-refractivity contribution in [3.63, 3.8) is 0 Å². The molecule has 0 heterocycles. The fourth-order valence-electron chi connectivity index (χ4n) is 1.51. The summed E-state index contributed by atoms with van der Waals surface area (Å²) in [6.07, 6.45) is 0. The highest BCUT2D eigenvalue weighted by atomic mass is 32.2. The standard InChI is InChI=1S/C10H8O6S2.2CH5N3/c11-17(12,13)9-3-1-7-5-10(18(14,15)16)4-2-8(7)6-9;2*2-1(3)4/h1-6H,(H,11,12,13)(H,14,15,16);2*(H5,2,3,4). The van der Waals surface area contributed by atoms with Crippen LogP contribution in [0.15, 0.2) is 46.2 Å². The summed E-state index contributed by atoms with van der Waals surface area (Å²) in [5.74, 6) is -0.167. The third kappa shape index (κ3) is 8.78. The van der Waals surface area contributed by atoms with Gasteiger partial charge in [0.25, 0.3) is 0 Å². The third-order valence-corrected chi connectivity index (χ3v) is 4.02. The third-order valence-electron chi connectivity index (χ3n) is 2.36. The summed E-state index contributed by atoms with van der Waals surface area (Å²) in [6, 6.07) is 6.92. The fourth-order valence-corrected chi connectivity index (χ4v) is 2.52. The summed E-state index contributed by atoms with van der Waals surface area (Å²) in [5.41, 5.74) is 18.3. The second-order valence-corrected chi connectivity index (χ2v) is 7.34. The molecule has 0 aliphatic carbocycles. The highest BCUT2D eigenvalue weighted by Crippen LogP contribution is 2.22. The van der Waals surface area contributed by atoms with Crippen molar-refractivity contribution in [2.24, 2.45) is 22.9 Å². The van der Waals surface area contributed by atoms with Crippen LogP contribution in [-0.4, -0.2) is 37.9 Å². The first kappa shape index (κ1) is 23.1. The maximum atomic E-state index is 10.8. The highest BCUT2D eigenvalue weighted by molar-refractivity contribution is 7.86. The van der Waals surface area contributed by atoms with Gasteiger partial charge in [-0.3, -0.25) is 33.8 Å². The number of nitrogens with two attached hydrogens (primary N) is 6. The largest absolute Gasteiger partial charge is 0.744 e. The summed E-state index contributed by atoms with van der Waals surface area (Å²) >= 11 is 0. The van der Waals surface area contributed by atoms with Gasteiger partial charge in [0.15, 0.2) is 0 Å². The minimum Gasteiger partial charge on any atom is -0.744 e. The van der Waals surface area contributed by atoms with E-state index in [1.165, 1.54) is 12.1 Å². The molecule has 0 amide bonds. The maximum Gasteiger partial charge on any atom is 0.336 e. The van der Waals surface area contributed by atoms with E-state index in [-0.39, 0.29) is 11.9 Å². The van der Waals surface area contributed by atoms with Gasteiger partial charge in [-0.15, -0.1) is 0 Å². The van der Waals surface area contributed by atoms with E-state index in [1.54, 1.807) is 0 Å². The van der Waals surface area contributed by atoms with Crippen LogP contribution in [0.3, 0.4) is 0 Å². The molecule has 26 heavy (non-hydrogen) atoms. The molecular formula is C12H18N6O6S2. The van der Waals surface area contributed by atoms with E-state index < -0.39 is 30.0 Å². The smallest absolute Gasteiger partial charge is 0.336 e. The van der Waals surface area contributed by atoms with E-state index in [9.17, 15) is 25.9 Å². The van der Waals surface area contributed by atoms with Crippen LogP contribution in [0.5, 0.6) is 0 Å². The number of hydrogen-bond donors (Lipinski definition) is 6. The first-order chi connectivity index (χ1) is 11.6. The van der Waals surface area contributed by atoms with Gasteiger partial charge >= 0.3 is 11.9 Å². The molecule has 2 rings (SSSR count). The molecule has 12 nitrogen and oxygen atoms in total. The van der Waals surface area contributed by atoms with Crippen LogP contribution in [-0.2, 0) is 20.2 Å². The summed E-state index contributed by atoms with van der Waals surface area (Å²) in [5, 5.41) is 9.89. The Kier molecular flexibility index (Phi) is 7.94. The van der Waals surface area contributed by atoms with Crippen molar-refractivity contribution in [1.29, 1.82) is 0 Å². The number of rotatable bonds is 2. The van der Waals surface area contributed by atoms with E-state index in [2.05, 4.69) is 33.8 Å².